The smallest absolute Gasteiger partial charge is 0.311 e. The van der Waals surface area contributed by atoms with Gasteiger partial charge >= 0.3 is 5.97 Å². The summed E-state index contributed by atoms with van der Waals surface area (Å²) < 4.78 is 39.3. The number of cyclic esters (lactones) is 1. The second-order valence-electron chi connectivity index (χ2n) is 21.3. The minimum absolute atomic E-state index is 0.0845. The van der Waals surface area contributed by atoms with Crippen LogP contribution in [0.3, 0.4) is 0 Å². The largest absolute Gasteiger partial charge is 0.459 e. The van der Waals surface area contributed by atoms with E-state index in [9.17, 15) is 30.0 Å². The van der Waals surface area contributed by atoms with Gasteiger partial charge in [0.2, 0.25) is 0 Å². The number of hydrogen-bond acceptors (Lipinski definition) is 14. The summed E-state index contributed by atoms with van der Waals surface area (Å²) in [7, 11) is 5.62. The number of carbonyl (C=O) groups is 2. The Morgan fingerprint density at radius 2 is 1.53 bits per heavy atom. The van der Waals surface area contributed by atoms with Crippen molar-refractivity contribution in [3.63, 3.8) is 0 Å². The first kappa shape index (κ1) is 55.8. The molecule has 5 rings (SSSR count). The number of esters is 1. The lowest BCUT2D eigenvalue weighted by Gasteiger charge is -2.49. The van der Waals surface area contributed by atoms with E-state index in [2.05, 4.69) is 24.3 Å². The van der Waals surface area contributed by atoms with Crippen LogP contribution in [0.15, 0.2) is 60.7 Å². The first-order valence-corrected chi connectivity index (χ1v) is 24.8. The van der Waals surface area contributed by atoms with E-state index in [0.717, 1.165) is 16.7 Å². The number of aliphatic hydroxyl groups is 4. The van der Waals surface area contributed by atoms with E-state index in [-0.39, 0.29) is 49.7 Å². The van der Waals surface area contributed by atoms with Crippen LogP contribution in [-0.4, -0.2) is 161 Å². The molecule has 3 heterocycles. The lowest BCUT2D eigenvalue weighted by atomic mass is 9.73. The summed E-state index contributed by atoms with van der Waals surface area (Å²) >= 11 is 0. The van der Waals surface area contributed by atoms with Crippen LogP contribution < -0.4 is 0 Å². The molecule has 0 aliphatic carbocycles. The predicted molar refractivity (Wildman–Crippen MR) is 262 cm³/mol. The number of nitrogens with zero attached hydrogens (tertiary/aromatic N) is 2. The molecule has 18 atom stereocenters. The number of ketones is 1. The van der Waals surface area contributed by atoms with Crippen LogP contribution in [0.4, 0.5) is 0 Å². The van der Waals surface area contributed by atoms with Crippen LogP contribution in [0.25, 0.3) is 17.2 Å². The number of aliphatic hydroxyl groups excluding tert-OH is 2. The van der Waals surface area contributed by atoms with Gasteiger partial charge in [0.25, 0.3) is 0 Å². The quantitative estimate of drug-likeness (QED) is 0.170. The third-order valence-corrected chi connectivity index (χ3v) is 15.2. The molecule has 3 fully saturated rings. The van der Waals surface area contributed by atoms with Gasteiger partial charge in [0.15, 0.2) is 12.6 Å². The van der Waals surface area contributed by atoms with Gasteiger partial charge in [-0.1, -0.05) is 87.5 Å². The van der Waals surface area contributed by atoms with E-state index in [1.807, 2.05) is 108 Å². The Morgan fingerprint density at radius 1 is 0.897 bits per heavy atom. The summed E-state index contributed by atoms with van der Waals surface area (Å²) in [6.45, 7) is 20.0. The molecule has 14 nitrogen and oxygen atoms in total. The van der Waals surface area contributed by atoms with E-state index in [0.29, 0.717) is 13.0 Å². The molecular formula is C54H84N2O12. The number of hydrogen-bond donors (Lipinski definition) is 4. The van der Waals surface area contributed by atoms with Crippen molar-refractivity contribution in [1.29, 1.82) is 0 Å². The monoisotopic (exact) mass is 953 g/mol. The number of rotatable bonds is 12. The van der Waals surface area contributed by atoms with Gasteiger partial charge in [0, 0.05) is 31.0 Å². The fourth-order valence-electron chi connectivity index (χ4n) is 11.0. The lowest BCUT2D eigenvalue weighted by molar-refractivity contribution is -0.312. The summed E-state index contributed by atoms with van der Waals surface area (Å²) in [4.78, 5) is 32.2. The van der Waals surface area contributed by atoms with Crippen LogP contribution in [0.2, 0.25) is 0 Å². The van der Waals surface area contributed by atoms with Gasteiger partial charge in [-0.2, -0.15) is 0 Å². The fourth-order valence-corrected chi connectivity index (χ4v) is 11.0. The van der Waals surface area contributed by atoms with Gasteiger partial charge in [-0.25, -0.2) is 0 Å². The highest BCUT2D eigenvalue weighted by Gasteiger charge is 2.54. The van der Waals surface area contributed by atoms with Gasteiger partial charge in [0.1, 0.15) is 29.7 Å². The van der Waals surface area contributed by atoms with E-state index < -0.39 is 95.8 Å². The van der Waals surface area contributed by atoms with E-state index in [1.165, 1.54) is 13.8 Å². The number of Topliss-reactive ketones (excluding diaryl/α,β-unsaturated/α-hetero) is 1. The highest BCUT2D eigenvalue weighted by atomic mass is 16.7. The molecule has 68 heavy (non-hydrogen) atoms. The molecule has 2 unspecified atom stereocenters. The number of carbonyl (C=O) groups excluding carboxylic acids is 2. The first-order valence-electron chi connectivity index (χ1n) is 24.8. The zero-order valence-corrected chi connectivity index (χ0v) is 43.2. The molecule has 382 valence electrons. The Kier molecular flexibility index (Phi) is 19.2. The first-order chi connectivity index (χ1) is 31.8. The molecule has 0 spiro atoms. The molecule has 0 amide bonds. The maximum Gasteiger partial charge on any atom is 0.311 e. The Bertz CT molecular complexity index is 1940. The third-order valence-electron chi connectivity index (χ3n) is 15.2. The summed E-state index contributed by atoms with van der Waals surface area (Å²) in [6.07, 6.45) is -4.45. The topological polar surface area (TPSA) is 177 Å². The van der Waals surface area contributed by atoms with Crippen molar-refractivity contribution < 1.29 is 58.4 Å². The highest BCUT2D eigenvalue weighted by Crippen LogP contribution is 2.43. The summed E-state index contributed by atoms with van der Waals surface area (Å²) in [6, 6.07) is 17.6. The second-order valence-corrected chi connectivity index (χ2v) is 21.3. The number of benzene rings is 2. The van der Waals surface area contributed by atoms with Gasteiger partial charge in [-0.15, -0.1) is 0 Å². The normalized spacial score (nSPS) is 40.7. The Hall–Kier alpha value is -3.12. The summed E-state index contributed by atoms with van der Waals surface area (Å²) in [5, 5.41) is 48.1. The van der Waals surface area contributed by atoms with Crippen LogP contribution in [0.5, 0.6) is 0 Å². The van der Waals surface area contributed by atoms with Crippen molar-refractivity contribution in [2.75, 3.05) is 34.3 Å². The Labute approximate surface area is 406 Å². The Morgan fingerprint density at radius 3 is 2.13 bits per heavy atom. The van der Waals surface area contributed by atoms with Crippen LogP contribution >= 0.6 is 0 Å². The van der Waals surface area contributed by atoms with Crippen molar-refractivity contribution in [3.05, 3.63) is 66.2 Å². The molecule has 2 aromatic carbocycles. The minimum Gasteiger partial charge on any atom is -0.459 e. The van der Waals surface area contributed by atoms with Gasteiger partial charge in [-0.3, -0.25) is 9.59 Å². The molecular weight excluding hydrogens is 869 g/mol. The zero-order chi connectivity index (χ0) is 50.5. The van der Waals surface area contributed by atoms with E-state index in [4.69, 9.17) is 28.4 Å². The van der Waals surface area contributed by atoms with Crippen molar-refractivity contribution >= 4 is 17.8 Å². The average molecular weight is 953 g/mol. The number of ether oxygens (including phenoxy) is 6. The zero-order valence-electron chi connectivity index (χ0n) is 43.2. The predicted octanol–water partition coefficient (Wildman–Crippen LogP) is 6.50. The van der Waals surface area contributed by atoms with E-state index in [1.54, 1.807) is 27.7 Å². The molecule has 0 radical (unpaired) electrons. The van der Waals surface area contributed by atoms with Gasteiger partial charge < -0.3 is 58.6 Å². The molecule has 0 aromatic heterocycles. The summed E-state index contributed by atoms with van der Waals surface area (Å²) in [5.74, 6) is -2.87. The average Bonchev–Trinajstić information content (AvgIpc) is 3.28. The molecule has 3 saturated heterocycles. The molecule has 0 saturated carbocycles. The highest BCUT2D eigenvalue weighted by molar-refractivity contribution is 5.83. The molecule has 14 heteroatoms. The van der Waals surface area contributed by atoms with Crippen LogP contribution in [-0.2, 0) is 38.0 Å². The molecule has 2 aromatic rings. The Balaban J connectivity index is 1.47. The van der Waals surface area contributed by atoms with Crippen molar-refractivity contribution in [3.8, 4) is 11.1 Å². The van der Waals surface area contributed by atoms with Crippen LogP contribution in [0.1, 0.15) is 107 Å². The lowest BCUT2D eigenvalue weighted by Crippen LogP contribution is -2.60. The standard InChI is InChI=1S/C54H84N2O12/c1-15-43-54(11,62)47(59)36(6)56(14)31-32(2)29-53(10,61)48(68-51-45(58)42(55(12)13)28-33(3)64-51)34(4)46(35(5)50(60)66-43)67-44-30-52(9,38(8)57)49(37(7)65-44)63-27-19-20-39-23-25-41(26-24-39)40-21-17-16-18-22-40/h16-26,32-37,42-49,51,58-59,61-62H,15,27-31H2,1-14H3/b20-19+/t32-,33-,34+,35-,36-,37+,42+,43-,44?,45-,46+,47-,48-,49+,51?,52+,53-,54-/m1/s1. The fraction of sp³-hybridized carbons (Fsp3) is 0.704. The van der Waals surface area contributed by atoms with Crippen molar-refractivity contribution in [1.82, 2.24) is 9.80 Å². The molecule has 3 aliphatic heterocycles. The van der Waals surface area contributed by atoms with Crippen LogP contribution in [0, 0.1) is 23.2 Å². The SMILES string of the molecule is CC[C@H]1OC(=O)[C@H](C)[C@@H](OC2C[C@@](C)(C(C)=O)[C@@H](OC/C=C/c3ccc(-c4ccccc4)cc3)[C@H](C)O2)[C@H](C)[C@@H](OC2O[C@H](C)C[C@H](N(C)C)[C@H]2O)[C@](C)(O)C[C@@H](C)CN(C)[C@H](C)[C@@H](O)[C@]1(C)O. The maximum atomic E-state index is 14.6. The maximum absolute atomic E-state index is 14.6. The number of likely N-dealkylation sites (N-methyl/N-ethyl adjacent to an activating group) is 2. The molecule has 4 N–H and O–H groups in total. The summed E-state index contributed by atoms with van der Waals surface area (Å²) in [5.41, 5.74) is -1.25. The third kappa shape index (κ3) is 13.0. The van der Waals surface area contributed by atoms with Gasteiger partial charge in [0.05, 0.1) is 54.1 Å². The minimum atomic E-state index is -1.84. The van der Waals surface area contributed by atoms with Gasteiger partial charge in [-0.05, 0) is 118 Å². The second kappa shape index (κ2) is 23.4. The molecule has 3 aliphatic rings. The van der Waals surface area contributed by atoms with Crippen molar-refractivity contribution in [2.24, 2.45) is 23.2 Å². The molecule has 0 bridgehead atoms. The van der Waals surface area contributed by atoms with E-state index >= 15 is 0 Å². The van der Waals surface area contributed by atoms with Crippen molar-refractivity contribution in [2.45, 2.75) is 187 Å².